The van der Waals surface area contributed by atoms with Gasteiger partial charge in [0.15, 0.2) is 0 Å². The Bertz CT molecular complexity index is 562. The Labute approximate surface area is 144 Å². The van der Waals surface area contributed by atoms with E-state index < -0.39 is 0 Å². The van der Waals surface area contributed by atoms with Crippen molar-refractivity contribution in [2.24, 2.45) is 0 Å². The highest BCUT2D eigenvalue weighted by Gasteiger charge is 2.40. The Morgan fingerprint density at radius 3 is 2.75 bits per heavy atom. The van der Waals surface area contributed by atoms with Crippen LogP contribution in [0.15, 0.2) is 16.5 Å². The summed E-state index contributed by atoms with van der Waals surface area (Å²) in [6.07, 6.45) is 3.85. The largest absolute Gasteiger partial charge is 0.465 e. The summed E-state index contributed by atoms with van der Waals surface area (Å²) in [4.78, 5) is 15.9. The van der Waals surface area contributed by atoms with Crippen LogP contribution in [0.25, 0.3) is 0 Å². The van der Waals surface area contributed by atoms with Gasteiger partial charge in [0.05, 0.1) is 12.1 Å². The lowest BCUT2D eigenvalue weighted by atomic mass is 9.82. The molecule has 1 aromatic heterocycles. The first-order valence-corrected chi connectivity index (χ1v) is 8.85. The maximum absolute atomic E-state index is 11.9. The van der Waals surface area contributed by atoms with Crippen LogP contribution < -0.4 is 5.32 Å². The van der Waals surface area contributed by atoms with Crippen LogP contribution in [0, 0.1) is 6.92 Å². The first kappa shape index (κ1) is 17.3. The van der Waals surface area contributed by atoms with Gasteiger partial charge in [-0.05, 0) is 44.7 Å². The summed E-state index contributed by atoms with van der Waals surface area (Å²) >= 11 is 0. The van der Waals surface area contributed by atoms with E-state index in [1.54, 1.807) is 19.0 Å². The van der Waals surface area contributed by atoms with E-state index in [1.807, 2.05) is 13.0 Å². The second kappa shape index (κ2) is 7.15. The molecule has 0 unspecified atom stereocenters. The third kappa shape index (κ3) is 4.11. The molecule has 2 amide bonds. The fourth-order valence-corrected chi connectivity index (χ4v) is 3.71. The third-order valence-electron chi connectivity index (χ3n) is 5.17. The van der Waals surface area contributed by atoms with Crippen LogP contribution in [0.3, 0.4) is 0 Å². The van der Waals surface area contributed by atoms with E-state index in [0.29, 0.717) is 0 Å². The number of carbonyl (C=O) groups excluding carboxylic acids is 1. The van der Waals surface area contributed by atoms with Gasteiger partial charge < -0.3 is 19.4 Å². The first-order chi connectivity index (χ1) is 11.5. The van der Waals surface area contributed by atoms with Gasteiger partial charge in [0.1, 0.15) is 11.5 Å². The standard InChI is InChI=1S/C18H29N3O3/c1-14-4-5-16(24-14)13-21-9-7-18(8-10-21)12-15(6-11-23-18)19-17(22)20(2)3/h4-5,15H,6-13H2,1-3H3,(H,19,22)/t15-/m1/s1. The van der Waals surface area contributed by atoms with Gasteiger partial charge in [0.2, 0.25) is 0 Å². The number of hydrogen-bond donors (Lipinski definition) is 1. The minimum absolute atomic E-state index is 0.0114. The van der Waals surface area contributed by atoms with Crippen LogP contribution >= 0.6 is 0 Å². The molecule has 0 bridgehead atoms. The van der Waals surface area contributed by atoms with Crippen molar-refractivity contribution < 1.29 is 13.9 Å². The highest BCUT2D eigenvalue weighted by atomic mass is 16.5. The highest BCUT2D eigenvalue weighted by molar-refractivity contribution is 5.73. The molecule has 0 aliphatic carbocycles. The van der Waals surface area contributed by atoms with E-state index in [4.69, 9.17) is 9.15 Å². The van der Waals surface area contributed by atoms with Gasteiger partial charge in [0.25, 0.3) is 0 Å². The van der Waals surface area contributed by atoms with E-state index in [0.717, 1.165) is 63.4 Å². The van der Waals surface area contributed by atoms with Crippen molar-refractivity contribution in [1.82, 2.24) is 15.1 Å². The fourth-order valence-electron chi connectivity index (χ4n) is 3.71. The second-order valence-electron chi connectivity index (χ2n) is 7.35. The summed E-state index contributed by atoms with van der Waals surface area (Å²) in [5.74, 6) is 2.00. The minimum Gasteiger partial charge on any atom is -0.465 e. The Morgan fingerprint density at radius 1 is 1.38 bits per heavy atom. The molecule has 6 heteroatoms. The molecule has 1 atom stereocenters. The number of amides is 2. The summed E-state index contributed by atoms with van der Waals surface area (Å²) in [6, 6.07) is 4.28. The minimum atomic E-state index is -0.0713. The molecule has 1 aromatic rings. The Balaban J connectivity index is 1.51. The van der Waals surface area contributed by atoms with Gasteiger partial charge in [-0.1, -0.05) is 0 Å². The monoisotopic (exact) mass is 335 g/mol. The summed E-state index contributed by atoms with van der Waals surface area (Å²) in [6.45, 7) is 5.59. The zero-order valence-electron chi connectivity index (χ0n) is 15.0. The summed E-state index contributed by atoms with van der Waals surface area (Å²) in [5.41, 5.74) is -0.0713. The van der Waals surface area contributed by atoms with Crippen molar-refractivity contribution in [2.45, 2.75) is 50.8 Å². The molecule has 3 heterocycles. The molecule has 0 saturated carbocycles. The summed E-state index contributed by atoms with van der Waals surface area (Å²) in [7, 11) is 3.55. The molecule has 0 radical (unpaired) electrons. The Morgan fingerprint density at radius 2 is 2.12 bits per heavy atom. The lowest BCUT2D eigenvalue weighted by Crippen LogP contribution is -2.54. The van der Waals surface area contributed by atoms with Crippen LogP contribution in [0.2, 0.25) is 0 Å². The van der Waals surface area contributed by atoms with Crippen LogP contribution in [0.5, 0.6) is 0 Å². The van der Waals surface area contributed by atoms with E-state index >= 15 is 0 Å². The molecule has 24 heavy (non-hydrogen) atoms. The molecule has 2 saturated heterocycles. The van der Waals surface area contributed by atoms with Crippen LogP contribution in [-0.2, 0) is 11.3 Å². The lowest BCUT2D eigenvalue weighted by Gasteiger charge is -2.46. The predicted octanol–water partition coefficient (Wildman–Crippen LogP) is 2.37. The van der Waals surface area contributed by atoms with E-state index in [1.165, 1.54) is 0 Å². The summed E-state index contributed by atoms with van der Waals surface area (Å²) in [5, 5.41) is 3.12. The van der Waals surface area contributed by atoms with Crippen molar-refractivity contribution in [3.05, 3.63) is 23.7 Å². The topological polar surface area (TPSA) is 58.0 Å². The van der Waals surface area contributed by atoms with Crippen LogP contribution in [0.1, 0.15) is 37.2 Å². The van der Waals surface area contributed by atoms with Crippen molar-refractivity contribution in [1.29, 1.82) is 0 Å². The number of piperidine rings is 1. The number of aryl methyl sites for hydroxylation is 1. The number of likely N-dealkylation sites (tertiary alicyclic amines) is 1. The van der Waals surface area contributed by atoms with E-state index in [-0.39, 0.29) is 17.7 Å². The van der Waals surface area contributed by atoms with Gasteiger partial charge in [-0.3, -0.25) is 4.90 Å². The van der Waals surface area contributed by atoms with Gasteiger partial charge >= 0.3 is 6.03 Å². The van der Waals surface area contributed by atoms with Gasteiger partial charge in [-0.15, -0.1) is 0 Å². The smallest absolute Gasteiger partial charge is 0.317 e. The molecule has 0 aromatic carbocycles. The average molecular weight is 335 g/mol. The third-order valence-corrected chi connectivity index (χ3v) is 5.17. The number of carbonyl (C=O) groups is 1. The van der Waals surface area contributed by atoms with E-state index in [2.05, 4.69) is 16.3 Å². The molecule has 134 valence electrons. The molecule has 6 nitrogen and oxygen atoms in total. The number of nitrogens with one attached hydrogen (secondary N) is 1. The molecule has 2 aliphatic heterocycles. The van der Waals surface area contributed by atoms with Gasteiger partial charge in [-0.2, -0.15) is 0 Å². The number of urea groups is 1. The second-order valence-corrected chi connectivity index (χ2v) is 7.35. The van der Waals surface area contributed by atoms with Crippen LogP contribution in [-0.4, -0.2) is 61.3 Å². The number of ether oxygens (including phenoxy) is 1. The SMILES string of the molecule is Cc1ccc(CN2CCC3(CC2)C[C@H](NC(=O)N(C)C)CCO3)o1. The zero-order chi connectivity index (χ0) is 17.2. The molecule has 2 aliphatic rings. The Hall–Kier alpha value is -1.53. The number of rotatable bonds is 3. The quantitative estimate of drug-likeness (QED) is 0.921. The first-order valence-electron chi connectivity index (χ1n) is 8.85. The molecular weight excluding hydrogens is 306 g/mol. The molecule has 1 N–H and O–H groups in total. The lowest BCUT2D eigenvalue weighted by molar-refractivity contribution is -0.119. The number of hydrogen-bond acceptors (Lipinski definition) is 4. The number of nitrogens with zero attached hydrogens (tertiary/aromatic N) is 2. The maximum Gasteiger partial charge on any atom is 0.317 e. The molecule has 2 fully saturated rings. The normalized spacial score (nSPS) is 24.0. The van der Waals surface area contributed by atoms with E-state index in [9.17, 15) is 4.79 Å². The van der Waals surface area contributed by atoms with Crippen LogP contribution in [0.4, 0.5) is 4.79 Å². The Kier molecular flexibility index (Phi) is 5.15. The molecule has 3 rings (SSSR count). The van der Waals surface area contributed by atoms with Crippen molar-refractivity contribution in [3.63, 3.8) is 0 Å². The number of furan rings is 1. The fraction of sp³-hybridized carbons (Fsp3) is 0.722. The molecule has 1 spiro atoms. The van der Waals surface area contributed by atoms with Crippen molar-refractivity contribution in [2.75, 3.05) is 33.8 Å². The summed E-state index contributed by atoms with van der Waals surface area (Å²) < 4.78 is 11.8. The van der Waals surface area contributed by atoms with Gasteiger partial charge in [0, 0.05) is 39.8 Å². The maximum atomic E-state index is 11.9. The van der Waals surface area contributed by atoms with Crippen molar-refractivity contribution >= 4 is 6.03 Å². The average Bonchev–Trinajstić information content (AvgIpc) is 2.95. The van der Waals surface area contributed by atoms with Gasteiger partial charge in [-0.25, -0.2) is 4.79 Å². The van der Waals surface area contributed by atoms with Crippen molar-refractivity contribution in [3.8, 4) is 0 Å². The molecular formula is C18H29N3O3. The highest BCUT2D eigenvalue weighted by Crippen LogP contribution is 2.35. The zero-order valence-corrected chi connectivity index (χ0v) is 15.0. The predicted molar refractivity (Wildman–Crippen MR) is 91.9 cm³/mol.